The smallest absolute Gasteiger partial charge is 0.248 e. The standard InChI is InChI=1S/C13H26N2O3/c1-4-14(5-2)12-6-7-15(10-12)13(16)11-18-9-8-17-3/h12H,4-11H2,1-3H3. The molecule has 0 aromatic rings. The second kappa shape index (κ2) is 8.45. The van der Waals surface area contributed by atoms with E-state index in [-0.39, 0.29) is 12.5 Å². The minimum atomic E-state index is 0.0979. The molecule has 1 aliphatic rings. The second-order valence-electron chi connectivity index (χ2n) is 4.55. The summed E-state index contributed by atoms with van der Waals surface area (Å²) in [6.45, 7) is 9.33. The molecular weight excluding hydrogens is 232 g/mol. The summed E-state index contributed by atoms with van der Waals surface area (Å²) in [7, 11) is 1.63. The molecule has 0 spiro atoms. The van der Waals surface area contributed by atoms with Crippen LogP contribution < -0.4 is 0 Å². The maximum absolute atomic E-state index is 11.9. The van der Waals surface area contributed by atoms with Crippen molar-refractivity contribution in [2.24, 2.45) is 0 Å². The van der Waals surface area contributed by atoms with Gasteiger partial charge in [0.1, 0.15) is 6.61 Å². The van der Waals surface area contributed by atoms with Crippen molar-refractivity contribution < 1.29 is 14.3 Å². The molecule has 1 atom stereocenters. The predicted octanol–water partition coefficient (Wildman–Crippen LogP) is 0.592. The molecule has 0 N–H and O–H groups in total. The van der Waals surface area contributed by atoms with Gasteiger partial charge in [0.25, 0.3) is 0 Å². The van der Waals surface area contributed by atoms with Gasteiger partial charge in [-0.15, -0.1) is 0 Å². The van der Waals surface area contributed by atoms with E-state index in [1.165, 1.54) is 0 Å². The molecule has 0 saturated carbocycles. The number of nitrogens with zero attached hydrogens (tertiary/aromatic N) is 2. The first-order chi connectivity index (χ1) is 8.72. The Morgan fingerprint density at radius 3 is 2.67 bits per heavy atom. The third-order valence-electron chi connectivity index (χ3n) is 3.50. The molecule has 18 heavy (non-hydrogen) atoms. The van der Waals surface area contributed by atoms with Gasteiger partial charge in [-0.3, -0.25) is 9.69 Å². The number of likely N-dealkylation sites (tertiary alicyclic amines) is 1. The summed E-state index contributed by atoms with van der Waals surface area (Å²) in [5, 5.41) is 0. The SMILES string of the molecule is CCN(CC)C1CCN(C(=O)COCCOC)C1. The molecule has 1 rings (SSSR count). The Hall–Kier alpha value is -0.650. The van der Waals surface area contributed by atoms with Crippen molar-refractivity contribution in [3.05, 3.63) is 0 Å². The van der Waals surface area contributed by atoms with Crippen molar-refractivity contribution in [1.82, 2.24) is 9.80 Å². The molecule has 0 aromatic carbocycles. The fourth-order valence-electron chi connectivity index (χ4n) is 2.40. The topological polar surface area (TPSA) is 42.0 Å². The Morgan fingerprint density at radius 2 is 2.06 bits per heavy atom. The van der Waals surface area contributed by atoms with E-state index in [1.807, 2.05) is 4.90 Å². The average molecular weight is 258 g/mol. The van der Waals surface area contributed by atoms with Gasteiger partial charge in [-0.1, -0.05) is 13.8 Å². The zero-order valence-corrected chi connectivity index (χ0v) is 11.9. The Bertz CT molecular complexity index is 244. The fraction of sp³-hybridized carbons (Fsp3) is 0.923. The molecule has 0 radical (unpaired) electrons. The van der Waals surface area contributed by atoms with Gasteiger partial charge in [-0.2, -0.15) is 0 Å². The minimum absolute atomic E-state index is 0.0979. The van der Waals surface area contributed by atoms with E-state index in [0.29, 0.717) is 19.3 Å². The Labute approximate surface area is 110 Å². The highest BCUT2D eigenvalue weighted by atomic mass is 16.5. The molecule has 0 bridgehead atoms. The lowest BCUT2D eigenvalue weighted by molar-refractivity contribution is -0.135. The molecule has 106 valence electrons. The summed E-state index contributed by atoms with van der Waals surface area (Å²) in [4.78, 5) is 16.2. The van der Waals surface area contributed by atoms with Crippen LogP contribution in [-0.4, -0.2) is 74.9 Å². The van der Waals surface area contributed by atoms with Crippen LogP contribution in [0.15, 0.2) is 0 Å². The van der Waals surface area contributed by atoms with E-state index in [4.69, 9.17) is 9.47 Å². The van der Waals surface area contributed by atoms with Crippen molar-refractivity contribution in [2.75, 3.05) is 53.1 Å². The van der Waals surface area contributed by atoms with E-state index in [1.54, 1.807) is 7.11 Å². The molecule has 1 fully saturated rings. The zero-order chi connectivity index (χ0) is 13.4. The lowest BCUT2D eigenvalue weighted by Gasteiger charge is -2.26. The van der Waals surface area contributed by atoms with Crippen LogP contribution in [0.5, 0.6) is 0 Å². The molecular formula is C13H26N2O3. The van der Waals surface area contributed by atoms with E-state index in [0.717, 1.165) is 32.6 Å². The monoisotopic (exact) mass is 258 g/mol. The quantitative estimate of drug-likeness (QED) is 0.598. The molecule has 5 nitrogen and oxygen atoms in total. The molecule has 1 unspecified atom stereocenters. The van der Waals surface area contributed by atoms with Gasteiger partial charge in [0, 0.05) is 26.2 Å². The highest BCUT2D eigenvalue weighted by molar-refractivity contribution is 5.77. The van der Waals surface area contributed by atoms with Crippen LogP contribution in [0.1, 0.15) is 20.3 Å². The summed E-state index contributed by atoms with van der Waals surface area (Å²) in [6.07, 6.45) is 1.07. The van der Waals surface area contributed by atoms with Gasteiger partial charge >= 0.3 is 0 Å². The van der Waals surface area contributed by atoms with Gasteiger partial charge in [0.15, 0.2) is 0 Å². The van der Waals surface area contributed by atoms with Crippen LogP contribution >= 0.6 is 0 Å². The highest BCUT2D eigenvalue weighted by Gasteiger charge is 2.28. The van der Waals surface area contributed by atoms with Crippen LogP contribution in [0.25, 0.3) is 0 Å². The first-order valence-corrected chi connectivity index (χ1v) is 6.81. The van der Waals surface area contributed by atoms with Crippen molar-refractivity contribution in [2.45, 2.75) is 26.3 Å². The minimum Gasteiger partial charge on any atom is -0.382 e. The van der Waals surface area contributed by atoms with Crippen LogP contribution in [0, 0.1) is 0 Å². The molecule has 1 saturated heterocycles. The third kappa shape index (κ3) is 4.55. The Morgan fingerprint density at radius 1 is 1.33 bits per heavy atom. The van der Waals surface area contributed by atoms with Gasteiger partial charge in [-0.05, 0) is 19.5 Å². The summed E-state index contributed by atoms with van der Waals surface area (Å²) in [6, 6.07) is 0.517. The van der Waals surface area contributed by atoms with Gasteiger partial charge in [0.05, 0.1) is 13.2 Å². The maximum Gasteiger partial charge on any atom is 0.248 e. The Kier molecular flexibility index (Phi) is 7.23. The van der Waals surface area contributed by atoms with E-state index >= 15 is 0 Å². The summed E-state index contributed by atoms with van der Waals surface area (Å²) >= 11 is 0. The molecule has 0 aliphatic carbocycles. The van der Waals surface area contributed by atoms with Crippen molar-refractivity contribution in [3.8, 4) is 0 Å². The van der Waals surface area contributed by atoms with Gasteiger partial charge < -0.3 is 14.4 Å². The third-order valence-corrected chi connectivity index (χ3v) is 3.50. The van der Waals surface area contributed by atoms with E-state index < -0.39 is 0 Å². The number of hydrogen-bond acceptors (Lipinski definition) is 4. The lowest BCUT2D eigenvalue weighted by atomic mass is 10.2. The van der Waals surface area contributed by atoms with Gasteiger partial charge in [0.2, 0.25) is 5.91 Å². The molecule has 5 heteroatoms. The molecule has 1 amide bonds. The first kappa shape index (κ1) is 15.4. The number of ether oxygens (including phenoxy) is 2. The normalized spacial score (nSPS) is 19.8. The zero-order valence-electron chi connectivity index (χ0n) is 11.9. The van der Waals surface area contributed by atoms with Crippen LogP contribution in [0.3, 0.4) is 0 Å². The van der Waals surface area contributed by atoms with Crippen LogP contribution in [0.4, 0.5) is 0 Å². The highest BCUT2D eigenvalue weighted by Crippen LogP contribution is 2.15. The number of hydrogen-bond donors (Lipinski definition) is 0. The molecule has 0 aromatic heterocycles. The van der Waals surface area contributed by atoms with Gasteiger partial charge in [-0.25, -0.2) is 0 Å². The number of methoxy groups -OCH3 is 1. The fourth-order valence-corrected chi connectivity index (χ4v) is 2.40. The van der Waals surface area contributed by atoms with Crippen LogP contribution in [0.2, 0.25) is 0 Å². The predicted molar refractivity (Wildman–Crippen MR) is 70.6 cm³/mol. The largest absolute Gasteiger partial charge is 0.382 e. The first-order valence-electron chi connectivity index (χ1n) is 6.81. The number of carbonyl (C=O) groups excluding carboxylic acids is 1. The van der Waals surface area contributed by atoms with Crippen molar-refractivity contribution in [1.29, 1.82) is 0 Å². The lowest BCUT2D eigenvalue weighted by Crippen LogP contribution is -2.39. The Balaban J connectivity index is 2.25. The summed E-state index contributed by atoms with van der Waals surface area (Å²) < 4.78 is 10.1. The summed E-state index contributed by atoms with van der Waals surface area (Å²) in [5.74, 6) is 0.0979. The average Bonchev–Trinajstić information content (AvgIpc) is 2.86. The number of amides is 1. The second-order valence-corrected chi connectivity index (χ2v) is 4.55. The molecule has 1 aliphatic heterocycles. The summed E-state index contributed by atoms with van der Waals surface area (Å²) in [5.41, 5.74) is 0. The number of likely N-dealkylation sites (N-methyl/N-ethyl adjacent to an activating group) is 1. The van der Waals surface area contributed by atoms with Crippen molar-refractivity contribution in [3.63, 3.8) is 0 Å². The van der Waals surface area contributed by atoms with E-state index in [9.17, 15) is 4.79 Å². The number of carbonyl (C=O) groups is 1. The van der Waals surface area contributed by atoms with Crippen molar-refractivity contribution >= 4 is 5.91 Å². The maximum atomic E-state index is 11.9. The van der Waals surface area contributed by atoms with Crippen LogP contribution in [-0.2, 0) is 14.3 Å². The number of rotatable bonds is 8. The van der Waals surface area contributed by atoms with E-state index in [2.05, 4.69) is 18.7 Å². The molecule has 1 heterocycles.